The number of aromatic nitrogens is 3. The number of pyridine rings is 1. The maximum atomic E-state index is 12.5. The lowest BCUT2D eigenvalue weighted by atomic mass is 10.1. The van der Waals surface area contributed by atoms with Crippen LogP contribution in [-0.4, -0.2) is 14.1 Å². The molecule has 21 heavy (non-hydrogen) atoms. The van der Waals surface area contributed by atoms with Crippen LogP contribution >= 0.6 is 11.3 Å². The molecule has 0 saturated carbocycles. The lowest BCUT2D eigenvalue weighted by molar-refractivity contribution is 0.642. The van der Waals surface area contributed by atoms with Crippen molar-refractivity contribution in [3.8, 4) is 10.6 Å². The highest BCUT2D eigenvalue weighted by Gasteiger charge is 2.18. The second kappa shape index (κ2) is 4.96. The SMILES string of the molecule is CCn1c(=O)c2c(C)c(-c3ccccn3)sc2n(C)c1=O. The lowest BCUT2D eigenvalue weighted by Gasteiger charge is -2.05. The Balaban J connectivity index is 2.47. The van der Waals surface area contributed by atoms with Crippen LogP contribution in [0, 0.1) is 6.92 Å². The Morgan fingerprint density at radius 2 is 2.05 bits per heavy atom. The van der Waals surface area contributed by atoms with Gasteiger partial charge in [0, 0.05) is 19.8 Å². The van der Waals surface area contributed by atoms with E-state index < -0.39 is 0 Å². The third-order valence-electron chi connectivity index (χ3n) is 3.62. The number of aryl methyl sites for hydroxylation is 2. The summed E-state index contributed by atoms with van der Waals surface area (Å²) in [6.07, 6.45) is 1.72. The Morgan fingerprint density at radius 1 is 1.29 bits per heavy atom. The summed E-state index contributed by atoms with van der Waals surface area (Å²) >= 11 is 1.44. The molecule has 0 radical (unpaired) electrons. The van der Waals surface area contributed by atoms with Crippen LogP contribution in [0.5, 0.6) is 0 Å². The Bertz CT molecular complexity index is 935. The van der Waals surface area contributed by atoms with Crippen molar-refractivity contribution in [1.29, 1.82) is 0 Å². The fourth-order valence-electron chi connectivity index (χ4n) is 2.50. The van der Waals surface area contributed by atoms with Crippen molar-refractivity contribution in [3.63, 3.8) is 0 Å². The number of hydrogen-bond donors (Lipinski definition) is 0. The molecule has 108 valence electrons. The minimum absolute atomic E-state index is 0.216. The number of rotatable bonds is 2. The van der Waals surface area contributed by atoms with E-state index in [2.05, 4.69) is 4.98 Å². The largest absolute Gasteiger partial charge is 0.331 e. The number of nitrogens with zero attached hydrogens (tertiary/aromatic N) is 3. The normalized spacial score (nSPS) is 11.2. The van der Waals surface area contributed by atoms with Gasteiger partial charge in [0.05, 0.1) is 16.0 Å². The number of fused-ring (bicyclic) bond motifs is 1. The van der Waals surface area contributed by atoms with Crippen molar-refractivity contribution in [1.82, 2.24) is 14.1 Å². The standard InChI is InChI=1S/C15H15N3O2S/c1-4-18-13(19)11-9(2)12(10-7-5-6-8-16-10)21-14(11)17(3)15(18)20/h5-8H,4H2,1-3H3. The van der Waals surface area contributed by atoms with Gasteiger partial charge in [-0.2, -0.15) is 0 Å². The molecule has 3 aromatic rings. The van der Waals surface area contributed by atoms with Crippen LogP contribution in [0.4, 0.5) is 0 Å². The molecule has 0 fully saturated rings. The Morgan fingerprint density at radius 3 is 2.67 bits per heavy atom. The maximum absolute atomic E-state index is 12.5. The third-order valence-corrected chi connectivity index (χ3v) is 5.01. The molecule has 0 atom stereocenters. The maximum Gasteiger partial charge on any atom is 0.331 e. The quantitative estimate of drug-likeness (QED) is 0.729. The molecule has 0 amide bonds. The smallest absolute Gasteiger partial charge is 0.287 e. The van der Waals surface area contributed by atoms with Gasteiger partial charge < -0.3 is 0 Å². The average molecular weight is 301 g/mol. The average Bonchev–Trinajstić information content (AvgIpc) is 2.84. The van der Waals surface area contributed by atoms with E-state index in [0.717, 1.165) is 16.1 Å². The van der Waals surface area contributed by atoms with Crippen LogP contribution in [-0.2, 0) is 13.6 Å². The molecule has 0 spiro atoms. The molecular formula is C15H15N3O2S. The Hall–Kier alpha value is -2.21. The first-order chi connectivity index (χ1) is 10.1. The minimum atomic E-state index is -0.274. The molecule has 0 aliphatic heterocycles. The summed E-state index contributed by atoms with van der Waals surface area (Å²) in [7, 11) is 1.70. The van der Waals surface area contributed by atoms with Crippen molar-refractivity contribution in [2.75, 3.05) is 0 Å². The first-order valence-corrected chi connectivity index (χ1v) is 7.52. The van der Waals surface area contributed by atoms with E-state index >= 15 is 0 Å². The summed E-state index contributed by atoms with van der Waals surface area (Å²) in [5.41, 5.74) is 1.22. The highest BCUT2D eigenvalue weighted by Crippen LogP contribution is 2.34. The van der Waals surface area contributed by atoms with Crippen molar-refractivity contribution in [2.24, 2.45) is 7.05 Å². The molecule has 5 nitrogen and oxygen atoms in total. The topological polar surface area (TPSA) is 56.9 Å². The molecule has 0 unspecified atom stereocenters. The van der Waals surface area contributed by atoms with Gasteiger partial charge in [-0.05, 0) is 31.5 Å². The van der Waals surface area contributed by atoms with Crippen molar-refractivity contribution in [2.45, 2.75) is 20.4 Å². The minimum Gasteiger partial charge on any atom is -0.287 e. The zero-order chi connectivity index (χ0) is 15.1. The first kappa shape index (κ1) is 13.8. The lowest BCUT2D eigenvalue weighted by Crippen LogP contribution is -2.38. The zero-order valence-corrected chi connectivity index (χ0v) is 12.9. The highest BCUT2D eigenvalue weighted by atomic mass is 32.1. The summed E-state index contributed by atoms with van der Waals surface area (Å²) in [6.45, 7) is 4.08. The van der Waals surface area contributed by atoms with Gasteiger partial charge in [0.1, 0.15) is 4.83 Å². The van der Waals surface area contributed by atoms with Crippen LogP contribution in [0.1, 0.15) is 12.5 Å². The van der Waals surface area contributed by atoms with Crippen molar-refractivity contribution < 1.29 is 0 Å². The van der Waals surface area contributed by atoms with Gasteiger partial charge in [0.2, 0.25) is 0 Å². The molecule has 0 bridgehead atoms. The van der Waals surface area contributed by atoms with Gasteiger partial charge >= 0.3 is 5.69 Å². The molecule has 3 heterocycles. The van der Waals surface area contributed by atoms with E-state index in [1.807, 2.05) is 25.1 Å². The van der Waals surface area contributed by atoms with Crippen molar-refractivity contribution in [3.05, 3.63) is 50.8 Å². The van der Waals surface area contributed by atoms with Gasteiger partial charge in [-0.25, -0.2) is 4.79 Å². The Labute approximate surface area is 125 Å². The summed E-state index contributed by atoms with van der Waals surface area (Å²) in [6, 6.07) is 5.68. The van der Waals surface area contributed by atoms with E-state index in [0.29, 0.717) is 16.8 Å². The molecular weight excluding hydrogens is 286 g/mol. The first-order valence-electron chi connectivity index (χ1n) is 6.70. The molecule has 0 aromatic carbocycles. The van der Waals surface area contributed by atoms with Crippen LogP contribution in [0.2, 0.25) is 0 Å². The zero-order valence-electron chi connectivity index (χ0n) is 12.1. The summed E-state index contributed by atoms with van der Waals surface area (Å²) in [4.78, 5) is 30.7. The van der Waals surface area contributed by atoms with E-state index in [1.165, 1.54) is 15.9 Å². The Kier molecular flexibility index (Phi) is 3.25. The highest BCUT2D eigenvalue weighted by molar-refractivity contribution is 7.22. The molecule has 0 aliphatic rings. The summed E-state index contributed by atoms with van der Waals surface area (Å²) < 4.78 is 2.81. The van der Waals surface area contributed by atoms with Crippen molar-refractivity contribution >= 4 is 21.6 Å². The number of hydrogen-bond acceptors (Lipinski definition) is 4. The van der Waals surface area contributed by atoms with Crippen LogP contribution < -0.4 is 11.2 Å². The van der Waals surface area contributed by atoms with Gasteiger partial charge in [-0.15, -0.1) is 11.3 Å². The monoisotopic (exact) mass is 301 g/mol. The molecule has 3 rings (SSSR count). The molecule has 0 aliphatic carbocycles. The van der Waals surface area contributed by atoms with E-state index in [1.54, 1.807) is 24.7 Å². The van der Waals surface area contributed by atoms with E-state index in [4.69, 9.17) is 0 Å². The van der Waals surface area contributed by atoms with Crippen LogP contribution in [0.15, 0.2) is 34.0 Å². The predicted octanol–water partition coefficient (Wildman–Crippen LogP) is 2.15. The fourth-order valence-corrected chi connectivity index (χ4v) is 3.73. The second-order valence-electron chi connectivity index (χ2n) is 4.84. The molecule has 6 heteroatoms. The van der Waals surface area contributed by atoms with E-state index in [-0.39, 0.29) is 11.2 Å². The van der Waals surface area contributed by atoms with Gasteiger partial charge in [-0.1, -0.05) is 6.07 Å². The molecule has 0 N–H and O–H groups in total. The summed E-state index contributed by atoms with van der Waals surface area (Å²) in [5.74, 6) is 0. The van der Waals surface area contributed by atoms with Crippen LogP contribution in [0.25, 0.3) is 20.8 Å². The molecule has 0 saturated heterocycles. The predicted molar refractivity (Wildman–Crippen MR) is 85.0 cm³/mol. The third kappa shape index (κ3) is 1.94. The summed E-state index contributed by atoms with van der Waals surface area (Å²) in [5, 5.41) is 0.615. The fraction of sp³-hybridized carbons (Fsp3) is 0.267. The van der Waals surface area contributed by atoms with Gasteiger partial charge in [-0.3, -0.25) is 18.9 Å². The molecule has 3 aromatic heterocycles. The number of thiophene rings is 1. The second-order valence-corrected chi connectivity index (χ2v) is 5.84. The van der Waals surface area contributed by atoms with Gasteiger partial charge in [0.15, 0.2) is 0 Å². The van der Waals surface area contributed by atoms with E-state index in [9.17, 15) is 9.59 Å². The van der Waals surface area contributed by atoms with Gasteiger partial charge in [0.25, 0.3) is 5.56 Å². The van der Waals surface area contributed by atoms with Crippen LogP contribution in [0.3, 0.4) is 0 Å².